The molecule has 0 atom stereocenters. The molecule has 1 spiro atoms. The van der Waals surface area contributed by atoms with Crippen LogP contribution in [-0.2, 0) is 0 Å². The minimum absolute atomic E-state index is 0. The number of hydrogen-bond acceptors (Lipinski definition) is 4. The Morgan fingerprint density at radius 2 is 1.83 bits per heavy atom. The molecule has 0 aromatic carbocycles. The summed E-state index contributed by atoms with van der Waals surface area (Å²) in [6.07, 6.45) is 5.25. The number of fused-ring (bicyclic) bond motifs is 1. The van der Waals surface area contributed by atoms with E-state index in [0.29, 0.717) is 5.41 Å². The summed E-state index contributed by atoms with van der Waals surface area (Å²) in [5.74, 6) is 0.402. The number of amides is 1. The fourth-order valence-electron chi connectivity index (χ4n) is 4.46. The van der Waals surface area contributed by atoms with E-state index < -0.39 is 0 Å². The molecule has 29 heavy (non-hydrogen) atoms. The maximum Gasteiger partial charge on any atom is 0.254 e. The number of halogens is 2. The molecule has 2 aromatic rings. The van der Waals surface area contributed by atoms with Gasteiger partial charge in [-0.1, -0.05) is 13.8 Å². The standard InChI is InChI=1S/C21H31N5O.2ClH/c1-14(2)18-11-16(17-12-23-26(15(3)4)19(17)24-18)20(27)25-9-6-21(7-10-25)5-8-22-13-21;;/h11-12,14-15,22H,5-10,13H2,1-4H3;2*1H. The van der Waals surface area contributed by atoms with Crippen LogP contribution >= 0.6 is 24.8 Å². The lowest BCUT2D eigenvalue weighted by Crippen LogP contribution is -2.44. The number of aromatic nitrogens is 3. The Hall–Kier alpha value is -1.37. The zero-order chi connectivity index (χ0) is 19.2. The van der Waals surface area contributed by atoms with Crippen LogP contribution in [0.4, 0.5) is 0 Å². The zero-order valence-electron chi connectivity index (χ0n) is 17.8. The molecule has 1 N–H and O–H groups in total. The van der Waals surface area contributed by atoms with E-state index >= 15 is 0 Å². The Balaban J connectivity index is 0.00000150. The summed E-state index contributed by atoms with van der Waals surface area (Å²) >= 11 is 0. The summed E-state index contributed by atoms with van der Waals surface area (Å²) in [4.78, 5) is 20.3. The van der Waals surface area contributed by atoms with Gasteiger partial charge in [-0.25, -0.2) is 9.67 Å². The molecule has 0 saturated carbocycles. The molecule has 2 fully saturated rings. The van der Waals surface area contributed by atoms with Gasteiger partial charge in [-0.3, -0.25) is 4.79 Å². The highest BCUT2D eigenvalue weighted by Gasteiger charge is 2.38. The van der Waals surface area contributed by atoms with Crippen LogP contribution in [0.15, 0.2) is 12.3 Å². The van der Waals surface area contributed by atoms with Gasteiger partial charge in [0.1, 0.15) is 0 Å². The van der Waals surface area contributed by atoms with Crippen molar-refractivity contribution in [1.29, 1.82) is 0 Å². The molecule has 0 unspecified atom stereocenters. The Kier molecular flexibility index (Phi) is 7.57. The van der Waals surface area contributed by atoms with Gasteiger partial charge in [0.25, 0.3) is 5.91 Å². The molecule has 2 aromatic heterocycles. The molecular weight excluding hydrogens is 409 g/mol. The number of nitrogens with zero attached hydrogens (tertiary/aromatic N) is 4. The van der Waals surface area contributed by atoms with E-state index in [9.17, 15) is 4.79 Å². The van der Waals surface area contributed by atoms with Crippen molar-refractivity contribution in [3.63, 3.8) is 0 Å². The Labute approximate surface area is 185 Å². The third-order valence-corrected chi connectivity index (χ3v) is 6.34. The van der Waals surface area contributed by atoms with Gasteiger partial charge in [0.15, 0.2) is 5.65 Å². The maximum absolute atomic E-state index is 13.4. The van der Waals surface area contributed by atoms with Gasteiger partial charge < -0.3 is 10.2 Å². The first-order valence-corrected chi connectivity index (χ1v) is 10.3. The van der Waals surface area contributed by atoms with Crippen LogP contribution in [0, 0.1) is 5.41 Å². The molecule has 2 aliphatic heterocycles. The second-order valence-electron chi connectivity index (χ2n) is 8.89. The quantitative estimate of drug-likeness (QED) is 0.774. The van der Waals surface area contributed by atoms with Crippen molar-refractivity contribution in [2.45, 2.75) is 58.9 Å². The first-order chi connectivity index (χ1) is 12.9. The molecule has 0 aliphatic carbocycles. The largest absolute Gasteiger partial charge is 0.339 e. The Morgan fingerprint density at radius 3 is 2.38 bits per heavy atom. The van der Waals surface area contributed by atoms with E-state index in [1.165, 1.54) is 6.42 Å². The SMILES string of the molecule is CC(C)c1cc(C(=O)N2CCC3(CCNC3)CC2)c2cnn(C(C)C)c2n1.Cl.Cl. The highest BCUT2D eigenvalue weighted by molar-refractivity contribution is 6.05. The van der Waals surface area contributed by atoms with Crippen molar-refractivity contribution in [3.8, 4) is 0 Å². The highest BCUT2D eigenvalue weighted by atomic mass is 35.5. The predicted octanol–water partition coefficient (Wildman–Crippen LogP) is 4.19. The van der Waals surface area contributed by atoms with Crippen LogP contribution in [0.1, 0.15) is 75.0 Å². The van der Waals surface area contributed by atoms with Crippen LogP contribution < -0.4 is 5.32 Å². The van der Waals surface area contributed by atoms with Gasteiger partial charge in [-0.15, -0.1) is 24.8 Å². The number of hydrogen-bond donors (Lipinski definition) is 1. The van der Waals surface area contributed by atoms with Crippen molar-refractivity contribution in [1.82, 2.24) is 25.0 Å². The average Bonchev–Trinajstić information content (AvgIpc) is 3.28. The number of piperidine rings is 1. The molecular formula is C21H33Cl2N5O. The smallest absolute Gasteiger partial charge is 0.254 e. The number of carbonyl (C=O) groups excluding carboxylic acids is 1. The number of rotatable bonds is 3. The minimum atomic E-state index is 0. The van der Waals surface area contributed by atoms with Gasteiger partial charge in [0.05, 0.1) is 17.1 Å². The van der Waals surface area contributed by atoms with E-state index in [-0.39, 0.29) is 42.7 Å². The summed E-state index contributed by atoms with van der Waals surface area (Å²) in [7, 11) is 0. The molecule has 4 heterocycles. The molecule has 8 heteroatoms. The summed E-state index contributed by atoms with van der Waals surface area (Å²) < 4.78 is 1.92. The predicted molar refractivity (Wildman–Crippen MR) is 122 cm³/mol. The Bertz CT molecular complexity index is 848. The molecule has 162 valence electrons. The van der Waals surface area contributed by atoms with Crippen LogP contribution in [0.3, 0.4) is 0 Å². The third kappa shape index (κ3) is 4.39. The number of carbonyl (C=O) groups is 1. The summed E-state index contributed by atoms with van der Waals surface area (Å²) in [5.41, 5.74) is 2.96. The van der Waals surface area contributed by atoms with Crippen LogP contribution in [0.2, 0.25) is 0 Å². The fraction of sp³-hybridized carbons (Fsp3) is 0.667. The van der Waals surface area contributed by atoms with E-state index in [2.05, 4.69) is 38.1 Å². The summed E-state index contributed by atoms with van der Waals surface area (Å²) in [6, 6.07) is 2.20. The molecule has 2 aliphatic rings. The maximum atomic E-state index is 13.4. The van der Waals surface area contributed by atoms with Gasteiger partial charge in [0.2, 0.25) is 0 Å². The minimum Gasteiger partial charge on any atom is -0.339 e. The van der Waals surface area contributed by atoms with Crippen molar-refractivity contribution in [2.75, 3.05) is 26.2 Å². The van der Waals surface area contributed by atoms with Gasteiger partial charge in [0, 0.05) is 31.4 Å². The normalized spacial score (nSPS) is 18.3. The second-order valence-corrected chi connectivity index (χ2v) is 8.89. The summed E-state index contributed by atoms with van der Waals surface area (Å²) in [6.45, 7) is 12.3. The number of likely N-dealkylation sites (tertiary alicyclic amines) is 1. The lowest BCUT2D eigenvalue weighted by molar-refractivity contribution is 0.0609. The van der Waals surface area contributed by atoms with E-state index in [0.717, 1.165) is 61.3 Å². The first kappa shape index (κ1) is 23.9. The molecule has 0 radical (unpaired) electrons. The van der Waals surface area contributed by atoms with Gasteiger partial charge in [-0.2, -0.15) is 5.10 Å². The van der Waals surface area contributed by atoms with Crippen LogP contribution in [-0.4, -0.2) is 51.8 Å². The number of nitrogens with one attached hydrogen (secondary N) is 1. The van der Waals surface area contributed by atoms with Crippen molar-refractivity contribution < 1.29 is 4.79 Å². The molecule has 6 nitrogen and oxygen atoms in total. The lowest BCUT2D eigenvalue weighted by Gasteiger charge is -2.39. The lowest BCUT2D eigenvalue weighted by atomic mass is 9.77. The third-order valence-electron chi connectivity index (χ3n) is 6.34. The van der Waals surface area contributed by atoms with Gasteiger partial charge in [-0.05, 0) is 57.1 Å². The van der Waals surface area contributed by atoms with E-state index in [4.69, 9.17) is 4.98 Å². The second kappa shape index (κ2) is 9.19. The molecule has 1 amide bonds. The van der Waals surface area contributed by atoms with Crippen molar-refractivity contribution in [2.24, 2.45) is 5.41 Å². The Morgan fingerprint density at radius 1 is 1.14 bits per heavy atom. The average molecular weight is 442 g/mol. The first-order valence-electron chi connectivity index (χ1n) is 10.3. The monoisotopic (exact) mass is 441 g/mol. The van der Waals surface area contributed by atoms with Crippen LogP contribution in [0.5, 0.6) is 0 Å². The van der Waals surface area contributed by atoms with Crippen LogP contribution in [0.25, 0.3) is 11.0 Å². The molecule has 4 rings (SSSR count). The topological polar surface area (TPSA) is 63.1 Å². The van der Waals surface area contributed by atoms with E-state index in [1.54, 1.807) is 0 Å². The van der Waals surface area contributed by atoms with Gasteiger partial charge >= 0.3 is 0 Å². The van der Waals surface area contributed by atoms with E-state index in [1.807, 2.05) is 21.8 Å². The zero-order valence-corrected chi connectivity index (χ0v) is 19.4. The summed E-state index contributed by atoms with van der Waals surface area (Å²) in [5, 5.41) is 8.89. The van der Waals surface area contributed by atoms with Crippen molar-refractivity contribution >= 4 is 41.8 Å². The fourth-order valence-corrected chi connectivity index (χ4v) is 4.46. The molecule has 2 saturated heterocycles. The van der Waals surface area contributed by atoms with Crippen molar-refractivity contribution in [3.05, 3.63) is 23.5 Å². The molecule has 0 bridgehead atoms. The highest BCUT2D eigenvalue weighted by Crippen LogP contribution is 2.37. The number of pyridine rings is 1.